The third-order valence-corrected chi connectivity index (χ3v) is 5.61. The molecule has 3 aromatic rings. The number of unbranched alkanes of at least 4 members (excludes halogenated alkanes) is 1. The normalized spacial score (nSPS) is 11.6. The molecule has 2 aromatic carbocycles. The maximum atomic E-state index is 13.0. The van der Waals surface area contributed by atoms with Crippen molar-refractivity contribution in [1.29, 1.82) is 0 Å². The summed E-state index contributed by atoms with van der Waals surface area (Å²) in [5.41, 5.74) is 9.52. The number of primary amides is 1. The Balaban J connectivity index is 2.10. The van der Waals surface area contributed by atoms with Gasteiger partial charge in [-0.15, -0.1) is 0 Å². The van der Waals surface area contributed by atoms with Gasteiger partial charge in [-0.2, -0.15) is 13.2 Å². The molecule has 0 unspecified atom stereocenters. The average molecular weight is 428 g/mol. The van der Waals surface area contributed by atoms with Crippen LogP contribution in [-0.2, 0) is 25.6 Å². The lowest BCUT2D eigenvalue weighted by molar-refractivity contribution is -0.137. The molecule has 164 valence electrons. The number of nitrogens with zero attached hydrogens (tertiary/aromatic N) is 1. The summed E-state index contributed by atoms with van der Waals surface area (Å²) < 4.78 is 41.2. The highest BCUT2D eigenvalue weighted by Gasteiger charge is 2.31. The van der Waals surface area contributed by atoms with Crippen molar-refractivity contribution < 1.29 is 18.0 Å². The largest absolute Gasteiger partial charge is 0.416 e. The molecule has 0 radical (unpaired) electrons. The van der Waals surface area contributed by atoms with Gasteiger partial charge in [0, 0.05) is 23.5 Å². The molecular formula is C25H27F3N2O. The highest BCUT2D eigenvalue weighted by atomic mass is 19.4. The topological polar surface area (TPSA) is 48.0 Å². The number of aromatic nitrogens is 1. The Labute approximate surface area is 180 Å². The van der Waals surface area contributed by atoms with Crippen molar-refractivity contribution in [2.75, 3.05) is 0 Å². The summed E-state index contributed by atoms with van der Waals surface area (Å²) in [6, 6.07) is 15.0. The lowest BCUT2D eigenvalue weighted by Crippen LogP contribution is -2.14. The van der Waals surface area contributed by atoms with Crippen LogP contribution in [0.4, 0.5) is 13.2 Å². The number of hydrogen-bond acceptors (Lipinski definition) is 1. The van der Waals surface area contributed by atoms with E-state index in [-0.39, 0.29) is 0 Å². The molecule has 0 spiro atoms. The van der Waals surface area contributed by atoms with Gasteiger partial charge >= 0.3 is 6.18 Å². The summed E-state index contributed by atoms with van der Waals surface area (Å²) in [6.45, 7) is 4.60. The first-order valence-electron chi connectivity index (χ1n) is 10.5. The number of rotatable bonds is 8. The predicted octanol–water partition coefficient (Wildman–Crippen LogP) is 6.17. The molecule has 6 heteroatoms. The van der Waals surface area contributed by atoms with Crippen LogP contribution in [0.1, 0.15) is 52.6 Å². The average Bonchev–Trinajstić information content (AvgIpc) is 3.02. The molecule has 3 rings (SSSR count). The summed E-state index contributed by atoms with van der Waals surface area (Å²) in [6.07, 6.45) is -1.05. The molecular weight excluding hydrogens is 401 g/mol. The Morgan fingerprint density at radius 1 is 1.00 bits per heavy atom. The van der Waals surface area contributed by atoms with Gasteiger partial charge < -0.3 is 10.3 Å². The van der Waals surface area contributed by atoms with Crippen LogP contribution in [0.15, 0.2) is 54.6 Å². The Morgan fingerprint density at radius 2 is 1.65 bits per heavy atom. The summed E-state index contributed by atoms with van der Waals surface area (Å²) >= 11 is 0. The van der Waals surface area contributed by atoms with Crippen molar-refractivity contribution in [2.45, 2.75) is 52.3 Å². The van der Waals surface area contributed by atoms with Crippen LogP contribution < -0.4 is 5.73 Å². The zero-order valence-corrected chi connectivity index (χ0v) is 17.8. The van der Waals surface area contributed by atoms with E-state index >= 15 is 0 Å². The fraction of sp³-hybridized carbons (Fsp3) is 0.320. The van der Waals surface area contributed by atoms with Gasteiger partial charge in [0.1, 0.15) is 0 Å². The molecule has 0 aliphatic rings. The second kappa shape index (κ2) is 9.41. The number of benzene rings is 2. The molecule has 0 saturated carbocycles. The van der Waals surface area contributed by atoms with Crippen LogP contribution in [0.2, 0.25) is 0 Å². The van der Waals surface area contributed by atoms with Crippen LogP contribution in [-0.4, -0.2) is 10.5 Å². The lowest BCUT2D eigenvalue weighted by atomic mass is 9.96. The number of alkyl halides is 3. The van der Waals surface area contributed by atoms with Crippen molar-refractivity contribution in [1.82, 2.24) is 4.57 Å². The van der Waals surface area contributed by atoms with Crippen LogP contribution in [0.5, 0.6) is 0 Å². The molecule has 0 fully saturated rings. The molecule has 31 heavy (non-hydrogen) atoms. The molecule has 0 aliphatic carbocycles. The van der Waals surface area contributed by atoms with E-state index < -0.39 is 17.6 Å². The number of hydrogen-bond donors (Lipinski definition) is 1. The molecule has 3 nitrogen and oxygen atoms in total. The van der Waals surface area contributed by atoms with E-state index in [9.17, 15) is 18.0 Å². The molecule has 1 amide bonds. The minimum atomic E-state index is -4.41. The van der Waals surface area contributed by atoms with Gasteiger partial charge in [-0.25, -0.2) is 0 Å². The van der Waals surface area contributed by atoms with Crippen molar-refractivity contribution in [2.24, 2.45) is 5.73 Å². The quantitative estimate of drug-likeness (QED) is 0.458. The number of carbonyl (C=O) groups excluding carboxylic acids is 1. The summed E-state index contributed by atoms with van der Waals surface area (Å²) in [5, 5.41) is 0. The van der Waals surface area contributed by atoms with Gasteiger partial charge in [0.05, 0.1) is 11.1 Å². The first kappa shape index (κ1) is 22.7. The van der Waals surface area contributed by atoms with E-state index in [1.165, 1.54) is 17.7 Å². The van der Waals surface area contributed by atoms with E-state index in [4.69, 9.17) is 5.73 Å². The maximum Gasteiger partial charge on any atom is 0.416 e. The summed E-state index contributed by atoms with van der Waals surface area (Å²) in [5.74, 6) is -0.566. The molecule has 0 saturated heterocycles. The van der Waals surface area contributed by atoms with Crippen molar-refractivity contribution in [3.05, 3.63) is 82.7 Å². The van der Waals surface area contributed by atoms with E-state index in [1.807, 2.05) is 25.1 Å². The zero-order valence-electron chi connectivity index (χ0n) is 17.8. The molecule has 1 aromatic heterocycles. The molecule has 1 heterocycles. The van der Waals surface area contributed by atoms with Crippen LogP contribution in [0.3, 0.4) is 0 Å². The SMILES string of the molecule is CCCCc1c(-c2ccc(C(F)(F)F)cc2)c(C(N)=O)c(C)n1CCc1ccccc1. The first-order chi connectivity index (χ1) is 14.7. The molecule has 2 N–H and O–H groups in total. The number of amides is 1. The standard InChI is InChI=1S/C25H27F3N2O/c1-3-4-10-21-23(19-11-13-20(14-12-19)25(26,27)28)22(24(29)31)17(2)30(21)16-15-18-8-6-5-7-9-18/h5-9,11-14H,3-4,10,15-16H2,1-2H3,(H2,29,31). The summed E-state index contributed by atoms with van der Waals surface area (Å²) in [7, 11) is 0. The fourth-order valence-electron chi connectivity index (χ4n) is 4.03. The lowest BCUT2D eigenvalue weighted by Gasteiger charge is -2.14. The van der Waals surface area contributed by atoms with E-state index in [2.05, 4.69) is 23.6 Å². The van der Waals surface area contributed by atoms with Crippen LogP contribution in [0.25, 0.3) is 11.1 Å². The number of carbonyl (C=O) groups is 1. The minimum Gasteiger partial charge on any atom is -0.366 e. The van der Waals surface area contributed by atoms with Crippen molar-refractivity contribution in [3.8, 4) is 11.1 Å². The van der Waals surface area contributed by atoms with E-state index in [0.29, 0.717) is 23.2 Å². The monoisotopic (exact) mass is 428 g/mol. The smallest absolute Gasteiger partial charge is 0.366 e. The third kappa shape index (κ3) is 5.01. The van der Waals surface area contributed by atoms with Crippen molar-refractivity contribution in [3.63, 3.8) is 0 Å². The molecule has 0 aliphatic heterocycles. The first-order valence-corrected chi connectivity index (χ1v) is 10.5. The zero-order chi connectivity index (χ0) is 22.6. The Morgan fingerprint density at radius 3 is 2.19 bits per heavy atom. The minimum absolute atomic E-state index is 0.388. The third-order valence-electron chi connectivity index (χ3n) is 5.61. The highest BCUT2D eigenvalue weighted by molar-refractivity contribution is 6.02. The van der Waals surface area contributed by atoms with E-state index in [1.54, 1.807) is 0 Å². The maximum absolute atomic E-state index is 13.0. The predicted molar refractivity (Wildman–Crippen MR) is 117 cm³/mol. The fourth-order valence-corrected chi connectivity index (χ4v) is 4.03. The van der Waals surface area contributed by atoms with Gasteiger partial charge in [0.2, 0.25) is 0 Å². The summed E-state index contributed by atoms with van der Waals surface area (Å²) in [4.78, 5) is 12.4. The molecule has 0 atom stereocenters. The van der Waals surface area contributed by atoms with E-state index in [0.717, 1.165) is 49.2 Å². The van der Waals surface area contributed by atoms with Gasteiger partial charge in [0.25, 0.3) is 5.91 Å². The Kier molecular flexibility index (Phi) is 6.88. The van der Waals surface area contributed by atoms with Gasteiger partial charge in [-0.05, 0) is 49.4 Å². The molecule has 0 bridgehead atoms. The van der Waals surface area contributed by atoms with Crippen LogP contribution in [0, 0.1) is 6.92 Å². The Hall–Kier alpha value is -3.02. The Bertz CT molecular complexity index is 1040. The van der Waals surface area contributed by atoms with Gasteiger partial charge in [0.15, 0.2) is 0 Å². The second-order valence-electron chi connectivity index (χ2n) is 7.71. The number of halogens is 3. The van der Waals surface area contributed by atoms with Crippen molar-refractivity contribution >= 4 is 5.91 Å². The second-order valence-corrected chi connectivity index (χ2v) is 7.71. The number of nitrogens with two attached hydrogens (primary N) is 1. The number of aryl methyl sites for hydroxylation is 1. The highest BCUT2D eigenvalue weighted by Crippen LogP contribution is 2.36. The van der Waals surface area contributed by atoms with Crippen LogP contribution >= 0.6 is 0 Å². The van der Waals surface area contributed by atoms with Gasteiger partial charge in [-0.1, -0.05) is 55.8 Å². The van der Waals surface area contributed by atoms with Gasteiger partial charge in [-0.3, -0.25) is 4.79 Å².